The van der Waals surface area contributed by atoms with Crippen molar-refractivity contribution in [2.24, 2.45) is 0 Å². The second-order valence-corrected chi connectivity index (χ2v) is 5.56. The SMILES string of the molecule is COCCn1cc(N2CCCC(NC(C)C)C2)cn1. The average Bonchev–Trinajstić information content (AvgIpc) is 2.84. The number of methoxy groups -OCH3 is 1. The number of piperidine rings is 1. The summed E-state index contributed by atoms with van der Waals surface area (Å²) in [4.78, 5) is 2.43. The van der Waals surface area contributed by atoms with Crippen LogP contribution < -0.4 is 10.2 Å². The molecule has 1 aliphatic rings. The molecule has 108 valence electrons. The molecule has 1 aromatic heterocycles. The second kappa shape index (κ2) is 6.91. The first-order chi connectivity index (χ1) is 9.19. The Morgan fingerprint density at radius 2 is 2.37 bits per heavy atom. The van der Waals surface area contributed by atoms with Gasteiger partial charge in [-0.25, -0.2) is 0 Å². The number of aromatic nitrogens is 2. The fourth-order valence-electron chi connectivity index (χ4n) is 2.64. The monoisotopic (exact) mass is 266 g/mol. The third kappa shape index (κ3) is 4.21. The Hall–Kier alpha value is -1.07. The predicted molar refractivity (Wildman–Crippen MR) is 77.6 cm³/mol. The molecule has 1 aromatic rings. The summed E-state index contributed by atoms with van der Waals surface area (Å²) < 4.78 is 7.03. The molecule has 1 unspecified atom stereocenters. The van der Waals surface area contributed by atoms with E-state index < -0.39 is 0 Å². The van der Waals surface area contributed by atoms with E-state index in [1.54, 1.807) is 7.11 Å². The molecule has 0 bridgehead atoms. The van der Waals surface area contributed by atoms with Crippen molar-refractivity contribution in [3.63, 3.8) is 0 Å². The highest BCUT2D eigenvalue weighted by molar-refractivity contribution is 5.43. The molecule has 1 saturated heterocycles. The van der Waals surface area contributed by atoms with Gasteiger partial charge in [-0.3, -0.25) is 4.68 Å². The molecule has 2 heterocycles. The minimum Gasteiger partial charge on any atom is -0.383 e. The van der Waals surface area contributed by atoms with Crippen LogP contribution in [0.25, 0.3) is 0 Å². The van der Waals surface area contributed by atoms with Crippen molar-refractivity contribution in [1.82, 2.24) is 15.1 Å². The third-order valence-corrected chi connectivity index (χ3v) is 3.50. The first-order valence-corrected chi connectivity index (χ1v) is 7.21. The summed E-state index contributed by atoms with van der Waals surface area (Å²) in [6, 6.07) is 1.14. The maximum Gasteiger partial charge on any atom is 0.0753 e. The number of hydrogen-bond acceptors (Lipinski definition) is 4. The van der Waals surface area contributed by atoms with Gasteiger partial charge in [0.1, 0.15) is 0 Å². The van der Waals surface area contributed by atoms with Gasteiger partial charge in [0, 0.05) is 38.5 Å². The molecule has 1 N–H and O–H groups in total. The lowest BCUT2D eigenvalue weighted by molar-refractivity contribution is 0.183. The molecule has 0 radical (unpaired) electrons. The molecule has 5 nitrogen and oxygen atoms in total. The summed E-state index contributed by atoms with van der Waals surface area (Å²) in [5.41, 5.74) is 1.23. The van der Waals surface area contributed by atoms with Crippen molar-refractivity contribution < 1.29 is 4.74 Å². The van der Waals surface area contributed by atoms with Crippen LogP contribution in [0.1, 0.15) is 26.7 Å². The van der Waals surface area contributed by atoms with Gasteiger partial charge in [-0.1, -0.05) is 13.8 Å². The smallest absolute Gasteiger partial charge is 0.0753 e. The van der Waals surface area contributed by atoms with Gasteiger partial charge in [0.2, 0.25) is 0 Å². The van der Waals surface area contributed by atoms with Crippen LogP contribution in [-0.4, -0.2) is 48.7 Å². The van der Waals surface area contributed by atoms with E-state index in [0.717, 1.165) is 19.6 Å². The highest BCUT2D eigenvalue weighted by atomic mass is 16.5. The largest absolute Gasteiger partial charge is 0.383 e. The Bertz CT molecular complexity index is 377. The van der Waals surface area contributed by atoms with Crippen LogP contribution in [-0.2, 0) is 11.3 Å². The standard InChI is InChI=1S/C14H26N4O/c1-12(2)16-13-5-4-6-17(10-13)14-9-15-18(11-14)7-8-19-3/h9,11-13,16H,4-8,10H2,1-3H3. The fourth-order valence-corrected chi connectivity index (χ4v) is 2.64. The first-order valence-electron chi connectivity index (χ1n) is 7.21. The average molecular weight is 266 g/mol. The van der Waals surface area contributed by atoms with E-state index in [4.69, 9.17) is 4.74 Å². The van der Waals surface area contributed by atoms with Crippen molar-refractivity contribution >= 4 is 5.69 Å². The van der Waals surface area contributed by atoms with Crippen LogP contribution in [0.5, 0.6) is 0 Å². The summed E-state index contributed by atoms with van der Waals surface area (Å²) in [6.07, 6.45) is 6.60. The molecule has 1 atom stereocenters. The van der Waals surface area contributed by atoms with Gasteiger partial charge in [-0.15, -0.1) is 0 Å². The van der Waals surface area contributed by atoms with E-state index in [9.17, 15) is 0 Å². The maximum absolute atomic E-state index is 5.08. The molecular formula is C14H26N4O. The zero-order valence-corrected chi connectivity index (χ0v) is 12.3. The Kier molecular flexibility index (Phi) is 5.22. The fraction of sp³-hybridized carbons (Fsp3) is 0.786. The van der Waals surface area contributed by atoms with Gasteiger partial charge >= 0.3 is 0 Å². The molecule has 2 rings (SSSR count). The molecule has 19 heavy (non-hydrogen) atoms. The van der Waals surface area contributed by atoms with E-state index in [1.165, 1.54) is 18.5 Å². The third-order valence-electron chi connectivity index (χ3n) is 3.50. The minimum absolute atomic E-state index is 0.550. The van der Waals surface area contributed by atoms with E-state index in [0.29, 0.717) is 18.7 Å². The molecule has 1 fully saturated rings. The van der Waals surface area contributed by atoms with Crippen molar-refractivity contribution in [2.45, 2.75) is 45.3 Å². The number of nitrogens with one attached hydrogen (secondary N) is 1. The highest BCUT2D eigenvalue weighted by Crippen LogP contribution is 2.19. The zero-order chi connectivity index (χ0) is 13.7. The van der Waals surface area contributed by atoms with Crippen LogP contribution in [0.3, 0.4) is 0 Å². The van der Waals surface area contributed by atoms with Crippen molar-refractivity contribution in [3.8, 4) is 0 Å². The lowest BCUT2D eigenvalue weighted by atomic mass is 10.0. The highest BCUT2D eigenvalue weighted by Gasteiger charge is 2.21. The Labute approximate surface area is 115 Å². The second-order valence-electron chi connectivity index (χ2n) is 5.56. The Morgan fingerprint density at radius 1 is 1.53 bits per heavy atom. The lowest BCUT2D eigenvalue weighted by Gasteiger charge is -2.34. The Balaban J connectivity index is 1.91. The van der Waals surface area contributed by atoms with Crippen LogP contribution in [0, 0.1) is 0 Å². The molecule has 0 amide bonds. The van der Waals surface area contributed by atoms with Crippen LogP contribution in [0.15, 0.2) is 12.4 Å². The van der Waals surface area contributed by atoms with E-state index >= 15 is 0 Å². The van der Waals surface area contributed by atoms with Crippen molar-refractivity contribution in [3.05, 3.63) is 12.4 Å². The summed E-state index contributed by atoms with van der Waals surface area (Å²) in [7, 11) is 1.72. The predicted octanol–water partition coefficient (Wildman–Crippen LogP) is 1.50. The normalized spacial score (nSPS) is 20.2. The maximum atomic E-state index is 5.08. The summed E-state index contributed by atoms with van der Waals surface area (Å²) in [5.74, 6) is 0. The summed E-state index contributed by atoms with van der Waals surface area (Å²) in [5, 5.41) is 8.02. The number of rotatable bonds is 6. The molecule has 0 spiro atoms. The first kappa shape index (κ1) is 14.3. The van der Waals surface area contributed by atoms with Crippen LogP contribution in [0.4, 0.5) is 5.69 Å². The summed E-state index contributed by atoms with van der Waals surface area (Å²) in [6.45, 7) is 8.15. The minimum atomic E-state index is 0.550. The molecule has 0 saturated carbocycles. The van der Waals surface area contributed by atoms with Gasteiger partial charge in [-0.05, 0) is 12.8 Å². The van der Waals surface area contributed by atoms with Gasteiger partial charge in [0.25, 0.3) is 0 Å². The van der Waals surface area contributed by atoms with E-state index in [-0.39, 0.29) is 0 Å². The zero-order valence-electron chi connectivity index (χ0n) is 12.3. The molecular weight excluding hydrogens is 240 g/mol. The summed E-state index contributed by atoms with van der Waals surface area (Å²) >= 11 is 0. The van der Waals surface area contributed by atoms with Gasteiger partial charge in [0.15, 0.2) is 0 Å². The van der Waals surface area contributed by atoms with Crippen LogP contribution >= 0.6 is 0 Å². The molecule has 0 aromatic carbocycles. The van der Waals surface area contributed by atoms with Gasteiger partial charge in [0.05, 0.1) is 25.0 Å². The molecule has 5 heteroatoms. The quantitative estimate of drug-likeness (QED) is 0.847. The van der Waals surface area contributed by atoms with E-state index in [2.05, 4.69) is 35.4 Å². The number of nitrogens with zero attached hydrogens (tertiary/aromatic N) is 3. The molecule has 1 aliphatic heterocycles. The number of hydrogen-bond donors (Lipinski definition) is 1. The van der Waals surface area contributed by atoms with E-state index in [1.807, 2.05) is 10.9 Å². The Morgan fingerprint density at radius 3 is 3.11 bits per heavy atom. The van der Waals surface area contributed by atoms with Crippen molar-refractivity contribution in [2.75, 3.05) is 31.7 Å². The van der Waals surface area contributed by atoms with Gasteiger partial charge < -0.3 is 15.0 Å². The van der Waals surface area contributed by atoms with Gasteiger partial charge in [-0.2, -0.15) is 5.10 Å². The molecule has 0 aliphatic carbocycles. The number of ether oxygens (including phenoxy) is 1. The lowest BCUT2D eigenvalue weighted by Crippen LogP contribution is -2.47. The number of anilines is 1. The van der Waals surface area contributed by atoms with Crippen LogP contribution in [0.2, 0.25) is 0 Å². The van der Waals surface area contributed by atoms with Crippen molar-refractivity contribution in [1.29, 1.82) is 0 Å². The topological polar surface area (TPSA) is 42.3 Å².